The van der Waals surface area contributed by atoms with E-state index in [1.807, 2.05) is 25.7 Å². The lowest BCUT2D eigenvalue weighted by molar-refractivity contribution is 0.0171. The van der Waals surface area contributed by atoms with E-state index in [-0.39, 0.29) is 11.7 Å². The van der Waals surface area contributed by atoms with Gasteiger partial charge in [0.2, 0.25) is 0 Å². The van der Waals surface area contributed by atoms with Gasteiger partial charge in [0.25, 0.3) is 0 Å². The lowest BCUT2D eigenvalue weighted by Gasteiger charge is -2.37. The zero-order valence-electron chi connectivity index (χ0n) is 9.04. The first kappa shape index (κ1) is 9.77. The zero-order chi connectivity index (χ0) is 10.3. The molecule has 14 heavy (non-hydrogen) atoms. The molecule has 0 aromatic rings. The quantitative estimate of drug-likeness (QED) is 0.630. The molecule has 2 atom stereocenters. The fraction of sp³-hybridized carbons (Fsp3) is 0.900. The van der Waals surface area contributed by atoms with E-state index in [2.05, 4.69) is 5.32 Å². The van der Waals surface area contributed by atoms with E-state index in [9.17, 15) is 4.79 Å². The van der Waals surface area contributed by atoms with Crippen molar-refractivity contribution in [3.8, 4) is 0 Å². The number of fused-ring (bicyclic) bond motifs is 1. The Morgan fingerprint density at radius 3 is 2.64 bits per heavy atom. The summed E-state index contributed by atoms with van der Waals surface area (Å²) in [6.45, 7) is 7.45. The van der Waals surface area contributed by atoms with E-state index in [1.54, 1.807) is 0 Å². The second-order valence-electron chi connectivity index (χ2n) is 5.04. The summed E-state index contributed by atoms with van der Waals surface area (Å²) in [7, 11) is 0. The van der Waals surface area contributed by atoms with Gasteiger partial charge < -0.3 is 15.0 Å². The van der Waals surface area contributed by atoms with Crippen LogP contribution in [0.2, 0.25) is 0 Å². The third-order valence-corrected chi connectivity index (χ3v) is 2.76. The second-order valence-corrected chi connectivity index (χ2v) is 5.04. The Bertz CT molecular complexity index is 247. The van der Waals surface area contributed by atoms with Gasteiger partial charge in [-0.1, -0.05) is 0 Å². The lowest BCUT2D eigenvalue weighted by Crippen LogP contribution is -2.60. The van der Waals surface area contributed by atoms with Gasteiger partial charge in [-0.3, -0.25) is 0 Å². The van der Waals surface area contributed by atoms with Crippen LogP contribution in [-0.4, -0.2) is 41.8 Å². The van der Waals surface area contributed by atoms with E-state index in [0.29, 0.717) is 12.1 Å². The lowest BCUT2D eigenvalue weighted by atomic mass is 10.0. The van der Waals surface area contributed by atoms with Crippen LogP contribution in [0.1, 0.15) is 27.2 Å². The van der Waals surface area contributed by atoms with Gasteiger partial charge in [0.1, 0.15) is 5.60 Å². The van der Waals surface area contributed by atoms with Gasteiger partial charge >= 0.3 is 6.09 Å². The minimum Gasteiger partial charge on any atom is -0.444 e. The predicted molar refractivity (Wildman–Crippen MR) is 53.1 cm³/mol. The first-order valence-electron chi connectivity index (χ1n) is 5.20. The van der Waals surface area contributed by atoms with Crippen LogP contribution in [-0.2, 0) is 4.74 Å². The maximum Gasteiger partial charge on any atom is 0.410 e. The molecule has 0 radical (unpaired) electrons. The van der Waals surface area contributed by atoms with Crippen molar-refractivity contribution in [1.29, 1.82) is 0 Å². The van der Waals surface area contributed by atoms with E-state index in [4.69, 9.17) is 4.74 Å². The number of likely N-dealkylation sites (tertiary alicyclic amines) is 1. The summed E-state index contributed by atoms with van der Waals surface area (Å²) in [4.78, 5) is 13.6. The van der Waals surface area contributed by atoms with Crippen LogP contribution in [0.4, 0.5) is 4.79 Å². The minimum atomic E-state index is -0.383. The Morgan fingerprint density at radius 2 is 2.21 bits per heavy atom. The summed E-state index contributed by atoms with van der Waals surface area (Å²) in [5.41, 5.74) is -0.383. The summed E-state index contributed by atoms with van der Waals surface area (Å²) < 4.78 is 5.33. The Balaban J connectivity index is 1.92. The van der Waals surface area contributed by atoms with Gasteiger partial charge in [-0.25, -0.2) is 4.79 Å². The van der Waals surface area contributed by atoms with Crippen molar-refractivity contribution in [1.82, 2.24) is 10.2 Å². The van der Waals surface area contributed by atoms with Crippen LogP contribution in [0.15, 0.2) is 0 Å². The number of hydrogen-bond acceptors (Lipinski definition) is 3. The third kappa shape index (κ3) is 1.71. The van der Waals surface area contributed by atoms with E-state index in [1.165, 1.54) is 0 Å². The van der Waals surface area contributed by atoms with Gasteiger partial charge in [0.15, 0.2) is 0 Å². The average Bonchev–Trinajstić information content (AvgIpc) is 2.22. The molecule has 4 nitrogen and oxygen atoms in total. The van der Waals surface area contributed by atoms with E-state index < -0.39 is 0 Å². The smallest absolute Gasteiger partial charge is 0.410 e. The third-order valence-electron chi connectivity index (χ3n) is 2.76. The topological polar surface area (TPSA) is 41.6 Å². The van der Waals surface area contributed by atoms with Crippen molar-refractivity contribution >= 4 is 6.09 Å². The van der Waals surface area contributed by atoms with Gasteiger partial charge in [0.05, 0.1) is 6.04 Å². The molecule has 0 spiro atoms. The molecular weight excluding hydrogens is 180 g/mol. The SMILES string of the molecule is CC(C)(C)OC(=O)N1CC[C@H]2NCC21. The number of hydrogen-bond donors (Lipinski definition) is 1. The Hall–Kier alpha value is -0.770. The number of ether oxygens (including phenoxy) is 1. The second kappa shape index (κ2) is 3.12. The van der Waals surface area contributed by atoms with Crippen molar-refractivity contribution in [2.45, 2.75) is 44.9 Å². The summed E-state index contributed by atoms with van der Waals surface area (Å²) >= 11 is 0. The average molecular weight is 198 g/mol. The molecule has 2 heterocycles. The molecule has 0 aliphatic carbocycles. The fourth-order valence-corrected chi connectivity index (χ4v) is 2.00. The van der Waals surface area contributed by atoms with Gasteiger partial charge in [-0.2, -0.15) is 0 Å². The molecule has 1 amide bonds. The van der Waals surface area contributed by atoms with Crippen LogP contribution >= 0.6 is 0 Å². The van der Waals surface area contributed by atoms with Crippen LogP contribution in [0.25, 0.3) is 0 Å². The van der Waals surface area contributed by atoms with Crippen molar-refractivity contribution in [3.63, 3.8) is 0 Å². The fourth-order valence-electron chi connectivity index (χ4n) is 2.00. The molecule has 4 heteroatoms. The summed E-state index contributed by atoms with van der Waals surface area (Å²) in [5, 5.41) is 3.31. The highest BCUT2D eigenvalue weighted by atomic mass is 16.6. The molecule has 0 aromatic carbocycles. The van der Waals surface area contributed by atoms with Crippen LogP contribution < -0.4 is 5.32 Å². The number of rotatable bonds is 0. The van der Waals surface area contributed by atoms with Crippen LogP contribution in [0.3, 0.4) is 0 Å². The number of nitrogens with zero attached hydrogens (tertiary/aromatic N) is 1. The van der Waals surface area contributed by atoms with Crippen LogP contribution in [0.5, 0.6) is 0 Å². The summed E-state index contributed by atoms with van der Waals surface area (Å²) in [6.07, 6.45) is 0.899. The maximum absolute atomic E-state index is 11.7. The highest BCUT2D eigenvalue weighted by Crippen LogP contribution is 2.25. The normalized spacial score (nSPS) is 30.9. The number of carbonyl (C=O) groups excluding carboxylic acids is 1. The number of nitrogens with one attached hydrogen (secondary N) is 1. The van der Waals surface area contributed by atoms with Crippen molar-refractivity contribution < 1.29 is 9.53 Å². The molecule has 2 rings (SSSR count). The molecule has 2 aliphatic rings. The molecule has 0 bridgehead atoms. The molecule has 0 saturated carbocycles. The Morgan fingerprint density at radius 1 is 1.50 bits per heavy atom. The summed E-state index contributed by atoms with van der Waals surface area (Å²) in [5.74, 6) is 0. The molecule has 1 N–H and O–H groups in total. The standard InChI is InChI=1S/C10H18N2O2/c1-10(2,3)14-9(13)12-5-4-7-8(12)6-11-7/h7-8,11H,4-6H2,1-3H3/t7-,8?/m1/s1. The molecule has 2 saturated heterocycles. The molecule has 1 unspecified atom stereocenters. The monoisotopic (exact) mass is 198 g/mol. The van der Waals surface area contributed by atoms with Crippen molar-refractivity contribution in [2.75, 3.05) is 13.1 Å². The Kier molecular flexibility index (Phi) is 2.18. The molecule has 0 aromatic heterocycles. The largest absolute Gasteiger partial charge is 0.444 e. The highest BCUT2D eigenvalue weighted by Gasteiger charge is 2.44. The van der Waals surface area contributed by atoms with Gasteiger partial charge in [0, 0.05) is 19.1 Å². The van der Waals surface area contributed by atoms with E-state index >= 15 is 0 Å². The number of carbonyl (C=O) groups is 1. The minimum absolute atomic E-state index is 0.161. The molecule has 2 aliphatic heterocycles. The maximum atomic E-state index is 11.7. The first-order valence-corrected chi connectivity index (χ1v) is 5.20. The highest BCUT2D eigenvalue weighted by molar-refractivity contribution is 5.69. The predicted octanol–water partition coefficient (Wildman–Crippen LogP) is 0.968. The molecule has 2 fully saturated rings. The summed E-state index contributed by atoms with van der Waals surface area (Å²) in [6, 6.07) is 0.896. The van der Waals surface area contributed by atoms with Crippen molar-refractivity contribution in [2.24, 2.45) is 0 Å². The molecule has 80 valence electrons. The zero-order valence-corrected chi connectivity index (χ0v) is 9.04. The molecular formula is C10H18N2O2. The van der Waals surface area contributed by atoms with Crippen molar-refractivity contribution in [3.05, 3.63) is 0 Å². The van der Waals surface area contributed by atoms with Gasteiger partial charge in [-0.05, 0) is 27.2 Å². The van der Waals surface area contributed by atoms with Crippen LogP contribution in [0, 0.1) is 0 Å². The van der Waals surface area contributed by atoms with E-state index in [0.717, 1.165) is 19.5 Å². The Labute approximate surface area is 84.6 Å². The first-order chi connectivity index (χ1) is 6.47. The number of amides is 1. The van der Waals surface area contributed by atoms with Gasteiger partial charge in [-0.15, -0.1) is 0 Å².